The second-order valence-corrected chi connectivity index (χ2v) is 4.00. The minimum atomic E-state index is -0.440. The minimum absolute atomic E-state index is 0.255. The molecule has 17 heavy (non-hydrogen) atoms. The molecule has 0 aliphatic carbocycles. The first-order chi connectivity index (χ1) is 8.11. The average Bonchev–Trinajstić information content (AvgIpc) is 2.30. The van der Waals surface area contributed by atoms with E-state index in [0.29, 0.717) is 6.54 Å². The number of hydrogen-bond donors (Lipinski definition) is 1. The predicted octanol–water partition coefficient (Wildman–Crippen LogP) is 3.40. The van der Waals surface area contributed by atoms with Crippen molar-refractivity contribution < 1.29 is 8.78 Å². The van der Waals surface area contributed by atoms with E-state index in [2.05, 4.69) is 0 Å². The summed E-state index contributed by atoms with van der Waals surface area (Å²) in [6.07, 6.45) is 0. The van der Waals surface area contributed by atoms with Crippen molar-refractivity contribution in [3.05, 3.63) is 59.2 Å². The van der Waals surface area contributed by atoms with Crippen LogP contribution >= 0.6 is 0 Å². The third-order valence-corrected chi connectivity index (χ3v) is 2.68. The fourth-order valence-electron chi connectivity index (χ4n) is 1.74. The zero-order valence-electron chi connectivity index (χ0n) is 9.50. The van der Waals surface area contributed by atoms with Crippen molar-refractivity contribution in [1.29, 1.82) is 0 Å². The highest BCUT2D eigenvalue weighted by atomic mass is 19.1. The molecule has 0 atom stereocenters. The largest absolute Gasteiger partial charge is 0.326 e. The first kappa shape index (κ1) is 11.7. The lowest BCUT2D eigenvalue weighted by atomic mass is 10.0. The van der Waals surface area contributed by atoms with Crippen molar-refractivity contribution in [3.63, 3.8) is 0 Å². The van der Waals surface area contributed by atoms with Gasteiger partial charge in [0.1, 0.15) is 11.6 Å². The van der Waals surface area contributed by atoms with Crippen LogP contribution in [0.1, 0.15) is 11.1 Å². The molecule has 0 bridgehead atoms. The Kier molecular flexibility index (Phi) is 3.20. The smallest absolute Gasteiger partial charge is 0.131 e. The van der Waals surface area contributed by atoms with E-state index < -0.39 is 11.6 Å². The summed E-state index contributed by atoms with van der Waals surface area (Å²) in [4.78, 5) is 0. The summed E-state index contributed by atoms with van der Waals surface area (Å²) in [5.74, 6) is -0.858. The fraction of sp³-hybridized carbons (Fsp3) is 0.143. The molecule has 1 nitrogen and oxygen atoms in total. The van der Waals surface area contributed by atoms with Gasteiger partial charge in [-0.05, 0) is 36.2 Å². The van der Waals surface area contributed by atoms with Crippen molar-refractivity contribution in [2.75, 3.05) is 0 Å². The van der Waals surface area contributed by atoms with Gasteiger partial charge in [0.25, 0.3) is 0 Å². The minimum Gasteiger partial charge on any atom is -0.326 e. The monoisotopic (exact) mass is 233 g/mol. The van der Waals surface area contributed by atoms with E-state index in [1.54, 1.807) is 31.2 Å². The van der Waals surface area contributed by atoms with Crippen molar-refractivity contribution in [2.24, 2.45) is 5.73 Å². The van der Waals surface area contributed by atoms with Gasteiger partial charge in [-0.15, -0.1) is 0 Å². The highest BCUT2D eigenvalue weighted by Gasteiger charge is 2.10. The van der Waals surface area contributed by atoms with Gasteiger partial charge in [-0.1, -0.05) is 18.2 Å². The summed E-state index contributed by atoms with van der Waals surface area (Å²) >= 11 is 0. The van der Waals surface area contributed by atoms with Crippen molar-refractivity contribution in [2.45, 2.75) is 13.5 Å². The normalized spacial score (nSPS) is 10.6. The second kappa shape index (κ2) is 4.63. The Balaban J connectivity index is 2.59. The van der Waals surface area contributed by atoms with Gasteiger partial charge in [-0.2, -0.15) is 0 Å². The number of aryl methyl sites for hydroxylation is 1. The van der Waals surface area contributed by atoms with Crippen molar-refractivity contribution >= 4 is 0 Å². The molecule has 0 unspecified atom stereocenters. The molecule has 0 saturated heterocycles. The summed E-state index contributed by atoms with van der Waals surface area (Å²) in [7, 11) is 0. The number of hydrogen-bond acceptors (Lipinski definition) is 1. The first-order valence-corrected chi connectivity index (χ1v) is 5.37. The molecule has 0 fully saturated rings. The van der Waals surface area contributed by atoms with Crippen LogP contribution < -0.4 is 5.73 Å². The Hall–Kier alpha value is -1.74. The number of nitrogens with two attached hydrogens (primary N) is 1. The molecule has 2 aromatic rings. The summed E-state index contributed by atoms with van der Waals surface area (Å²) in [6, 6.07) is 9.24. The molecule has 0 radical (unpaired) electrons. The van der Waals surface area contributed by atoms with E-state index in [4.69, 9.17) is 5.73 Å². The molecule has 0 heterocycles. The van der Waals surface area contributed by atoms with Crippen LogP contribution in [0.5, 0.6) is 0 Å². The lowest BCUT2D eigenvalue weighted by molar-refractivity contribution is 0.615. The van der Waals surface area contributed by atoms with Crippen molar-refractivity contribution in [3.8, 4) is 11.1 Å². The summed E-state index contributed by atoms with van der Waals surface area (Å²) < 4.78 is 27.4. The van der Waals surface area contributed by atoms with Crippen LogP contribution in [0, 0.1) is 18.6 Å². The number of rotatable bonds is 2. The zero-order chi connectivity index (χ0) is 12.4. The molecular formula is C14H13F2N. The van der Waals surface area contributed by atoms with Gasteiger partial charge < -0.3 is 5.73 Å². The highest BCUT2D eigenvalue weighted by Crippen LogP contribution is 2.27. The Morgan fingerprint density at radius 1 is 0.941 bits per heavy atom. The fourth-order valence-corrected chi connectivity index (χ4v) is 1.74. The van der Waals surface area contributed by atoms with Crippen molar-refractivity contribution in [1.82, 2.24) is 0 Å². The van der Waals surface area contributed by atoms with E-state index >= 15 is 0 Å². The van der Waals surface area contributed by atoms with Crippen LogP contribution in [0.2, 0.25) is 0 Å². The Bertz CT molecular complexity index is 550. The van der Waals surface area contributed by atoms with Gasteiger partial charge in [-0.25, -0.2) is 8.78 Å². The Morgan fingerprint density at radius 2 is 1.71 bits per heavy atom. The SMILES string of the molecule is Cc1ccc(-c2cc(CN)ccc2F)c(F)c1. The van der Waals surface area contributed by atoms with Gasteiger partial charge in [0, 0.05) is 17.7 Å². The van der Waals surface area contributed by atoms with Gasteiger partial charge >= 0.3 is 0 Å². The zero-order valence-corrected chi connectivity index (χ0v) is 9.50. The van der Waals surface area contributed by atoms with Gasteiger partial charge in [0.2, 0.25) is 0 Å². The molecule has 3 heteroatoms. The maximum Gasteiger partial charge on any atom is 0.131 e. The molecule has 2 N–H and O–H groups in total. The molecule has 0 aromatic heterocycles. The third kappa shape index (κ3) is 2.34. The molecule has 2 rings (SSSR count). The second-order valence-electron chi connectivity index (χ2n) is 4.00. The lowest BCUT2D eigenvalue weighted by Crippen LogP contribution is -1.98. The molecule has 88 valence electrons. The number of halogens is 2. The van der Waals surface area contributed by atoms with Crippen LogP contribution in [0.25, 0.3) is 11.1 Å². The molecule has 0 saturated carbocycles. The maximum atomic E-state index is 13.8. The predicted molar refractivity (Wildman–Crippen MR) is 64.4 cm³/mol. The highest BCUT2D eigenvalue weighted by molar-refractivity contribution is 5.66. The Morgan fingerprint density at radius 3 is 2.35 bits per heavy atom. The standard InChI is InChI=1S/C14H13F2N/c1-9-2-4-11(14(16)6-9)12-7-10(8-17)3-5-13(12)15/h2-7H,8,17H2,1H3. The Labute approximate surface area is 98.9 Å². The van der Waals surface area contributed by atoms with E-state index in [0.717, 1.165) is 11.1 Å². The molecule has 0 spiro atoms. The van der Waals surface area contributed by atoms with E-state index in [-0.39, 0.29) is 11.1 Å². The third-order valence-electron chi connectivity index (χ3n) is 2.68. The van der Waals surface area contributed by atoms with Gasteiger partial charge in [-0.3, -0.25) is 0 Å². The van der Waals surface area contributed by atoms with Gasteiger partial charge in [0.15, 0.2) is 0 Å². The maximum absolute atomic E-state index is 13.8. The quantitative estimate of drug-likeness (QED) is 0.845. The van der Waals surface area contributed by atoms with E-state index in [1.807, 2.05) is 0 Å². The van der Waals surface area contributed by atoms with Crippen LogP contribution in [-0.2, 0) is 6.54 Å². The number of benzene rings is 2. The summed E-state index contributed by atoms with van der Waals surface area (Å²) in [6.45, 7) is 2.10. The molecule has 0 amide bonds. The van der Waals surface area contributed by atoms with Crippen LogP contribution in [0.3, 0.4) is 0 Å². The van der Waals surface area contributed by atoms with E-state index in [9.17, 15) is 8.78 Å². The molecule has 0 aliphatic rings. The average molecular weight is 233 g/mol. The summed E-state index contributed by atoms with van der Waals surface area (Å²) in [5.41, 5.74) is 7.60. The van der Waals surface area contributed by atoms with Crippen LogP contribution in [0.4, 0.5) is 8.78 Å². The van der Waals surface area contributed by atoms with Gasteiger partial charge in [0.05, 0.1) is 0 Å². The summed E-state index contributed by atoms with van der Waals surface area (Å²) in [5, 5.41) is 0. The molecule has 0 aliphatic heterocycles. The topological polar surface area (TPSA) is 26.0 Å². The first-order valence-electron chi connectivity index (χ1n) is 5.37. The van der Waals surface area contributed by atoms with Crippen LogP contribution in [-0.4, -0.2) is 0 Å². The van der Waals surface area contributed by atoms with Crippen LogP contribution in [0.15, 0.2) is 36.4 Å². The molecular weight excluding hydrogens is 220 g/mol. The van der Waals surface area contributed by atoms with E-state index in [1.165, 1.54) is 12.1 Å². The molecule has 2 aromatic carbocycles. The lowest BCUT2D eigenvalue weighted by Gasteiger charge is -2.07.